The molecule has 2 N–H and O–H groups in total. The Morgan fingerprint density at radius 2 is 1.65 bits per heavy atom. The molecule has 0 atom stereocenters. The number of carbonyl (C=O) groups is 1. The molecule has 0 fully saturated rings. The van der Waals surface area contributed by atoms with E-state index in [0.29, 0.717) is 23.5 Å². The van der Waals surface area contributed by atoms with Crippen molar-refractivity contribution in [1.29, 1.82) is 0 Å². The van der Waals surface area contributed by atoms with Crippen molar-refractivity contribution in [2.24, 2.45) is 0 Å². The van der Waals surface area contributed by atoms with Gasteiger partial charge < -0.3 is 10.4 Å². The SMILES string of the molecule is CSc1ccc(NCc2cn(-c3ccc(C(F)(F)F)cc3)nc2-c2ccc(C(=O)O)cc2)cc1. The molecule has 34 heavy (non-hydrogen) atoms. The number of halogens is 3. The number of hydrogen-bond donors (Lipinski definition) is 2. The third-order valence-corrected chi connectivity index (χ3v) is 5.97. The minimum atomic E-state index is -4.42. The van der Waals surface area contributed by atoms with Crippen molar-refractivity contribution < 1.29 is 23.1 Å². The molecule has 9 heteroatoms. The second kappa shape index (κ2) is 9.64. The lowest BCUT2D eigenvalue weighted by Crippen LogP contribution is -2.05. The molecular formula is C25H20F3N3O2S. The summed E-state index contributed by atoms with van der Waals surface area (Å²) in [5.41, 5.74) is 2.91. The van der Waals surface area contributed by atoms with Gasteiger partial charge >= 0.3 is 12.1 Å². The summed E-state index contributed by atoms with van der Waals surface area (Å²) >= 11 is 1.64. The first-order chi connectivity index (χ1) is 16.2. The van der Waals surface area contributed by atoms with Gasteiger partial charge in [0.15, 0.2) is 0 Å². The highest BCUT2D eigenvalue weighted by Crippen LogP contribution is 2.30. The Balaban J connectivity index is 1.67. The summed E-state index contributed by atoms with van der Waals surface area (Å²) in [5.74, 6) is -1.03. The number of aromatic nitrogens is 2. The van der Waals surface area contributed by atoms with Crippen LogP contribution in [0.4, 0.5) is 18.9 Å². The predicted octanol–water partition coefficient (Wildman–Crippen LogP) is 6.59. The first-order valence-electron chi connectivity index (χ1n) is 10.2. The van der Waals surface area contributed by atoms with Gasteiger partial charge in [0, 0.05) is 34.5 Å². The highest BCUT2D eigenvalue weighted by atomic mass is 32.2. The lowest BCUT2D eigenvalue weighted by Gasteiger charge is -2.08. The normalized spacial score (nSPS) is 11.4. The fourth-order valence-electron chi connectivity index (χ4n) is 3.39. The minimum Gasteiger partial charge on any atom is -0.478 e. The van der Waals surface area contributed by atoms with E-state index in [4.69, 9.17) is 5.11 Å². The highest BCUT2D eigenvalue weighted by molar-refractivity contribution is 7.98. The van der Waals surface area contributed by atoms with Crippen molar-refractivity contribution in [3.8, 4) is 16.9 Å². The lowest BCUT2D eigenvalue weighted by atomic mass is 10.1. The number of rotatable bonds is 7. The molecule has 0 aliphatic carbocycles. The van der Waals surface area contributed by atoms with Crippen LogP contribution in [0.5, 0.6) is 0 Å². The Labute approximate surface area is 198 Å². The van der Waals surface area contributed by atoms with Crippen molar-refractivity contribution in [3.63, 3.8) is 0 Å². The smallest absolute Gasteiger partial charge is 0.416 e. The van der Waals surface area contributed by atoms with Crippen LogP contribution >= 0.6 is 11.8 Å². The summed E-state index contributed by atoms with van der Waals surface area (Å²) in [6, 6.07) is 19.0. The maximum Gasteiger partial charge on any atom is 0.416 e. The zero-order valence-electron chi connectivity index (χ0n) is 18.0. The third-order valence-electron chi connectivity index (χ3n) is 5.23. The Morgan fingerprint density at radius 1 is 1.00 bits per heavy atom. The van der Waals surface area contributed by atoms with Crippen LogP contribution in [0.15, 0.2) is 83.9 Å². The van der Waals surface area contributed by atoms with Gasteiger partial charge in [0.25, 0.3) is 0 Å². The van der Waals surface area contributed by atoms with E-state index >= 15 is 0 Å². The van der Waals surface area contributed by atoms with Gasteiger partial charge in [-0.15, -0.1) is 11.8 Å². The van der Waals surface area contributed by atoms with Crippen LogP contribution < -0.4 is 5.32 Å². The number of thioether (sulfide) groups is 1. The average molecular weight is 484 g/mol. The zero-order valence-corrected chi connectivity index (χ0v) is 18.8. The van der Waals surface area contributed by atoms with Gasteiger partial charge in [-0.1, -0.05) is 12.1 Å². The van der Waals surface area contributed by atoms with Crippen LogP contribution in [0.25, 0.3) is 16.9 Å². The molecule has 0 unspecified atom stereocenters. The molecule has 4 aromatic rings. The van der Waals surface area contributed by atoms with Crippen LogP contribution in [-0.2, 0) is 12.7 Å². The summed E-state index contributed by atoms with van der Waals surface area (Å²) < 4.78 is 40.3. The van der Waals surface area contributed by atoms with Gasteiger partial charge in [-0.2, -0.15) is 18.3 Å². The Hall–Kier alpha value is -3.72. The third kappa shape index (κ3) is 5.26. The number of nitrogens with zero attached hydrogens (tertiary/aromatic N) is 2. The minimum absolute atomic E-state index is 0.152. The van der Waals surface area contributed by atoms with E-state index in [0.717, 1.165) is 28.3 Å². The highest BCUT2D eigenvalue weighted by Gasteiger charge is 2.30. The first kappa shape index (κ1) is 23.4. The molecule has 0 spiro atoms. The zero-order chi connectivity index (χ0) is 24.3. The van der Waals surface area contributed by atoms with Crippen molar-refractivity contribution in [2.75, 3.05) is 11.6 Å². The molecule has 1 aromatic heterocycles. The molecular weight excluding hydrogens is 463 g/mol. The number of benzene rings is 3. The summed E-state index contributed by atoms with van der Waals surface area (Å²) in [6.45, 7) is 0.412. The Morgan fingerprint density at radius 3 is 2.21 bits per heavy atom. The fraction of sp³-hybridized carbons (Fsp3) is 0.120. The van der Waals surface area contributed by atoms with E-state index < -0.39 is 17.7 Å². The molecule has 0 saturated carbocycles. The van der Waals surface area contributed by atoms with E-state index in [9.17, 15) is 18.0 Å². The molecule has 4 rings (SSSR count). The van der Waals surface area contributed by atoms with Gasteiger partial charge in [0.1, 0.15) is 0 Å². The molecule has 0 aliphatic heterocycles. The van der Waals surface area contributed by atoms with Gasteiger partial charge in [-0.05, 0) is 66.9 Å². The number of hydrogen-bond acceptors (Lipinski definition) is 4. The summed E-state index contributed by atoms with van der Waals surface area (Å²) in [6.07, 6.45) is -0.660. The molecule has 0 amide bonds. The number of nitrogens with one attached hydrogen (secondary N) is 1. The van der Waals surface area contributed by atoms with Crippen LogP contribution in [0.2, 0.25) is 0 Å². The molecule has 174 valence electrons. The standard InChI is InChI=1S/C25H20F3N3O2S/c1-34-22-12-8-20(9-13-22)29-14-18-15-31(21-10-6-19(7-11-21)25(26,27)28)30-23(18)16-2-4-17(5-3-16)24(32)33/h2-13,15,29H,14H2,1H3,(H,32,33). The monoisotopic (exact) mass is 483 g/mol. The molecule has 0 bridgehead atoms. The maximum atomic E-state index is 12.9. The first-order valence-corrected chi connectivity index (χ1v) is 11.4. The van der Waals surface area contributed by atoms with Gasteiger partial charge in [-0.3, -0.25) is 0 Å². The molecule has 0 radical (unpaired) electrons. The number of carboxylic acid groups (broad SMARTS) is 1. The number of anilines is 1. The maximum absolute atomic E-state index is 12.9. The van der Waals surface area contributed by atoms with Crippen LogP contribution in [0, 0.1) is 0 Å². The van der Waals surface area contributed by atoms with Crippen molar-refractivity contribution in [1.82, 2.24) is 9.78 Å². The molecule has 3 aromatic carbocycles. The fourth-order valence-corrected chi connectivity index (χ4v) is 3.80. The second-order valence-corrected chi connectivity index (χ2v) is 8.34. The summed E-state index contributed by atoms with van der Waals surface area (Å²) in [7, 11) is 0. The molecule has 0 aliphatic rings. The topological polar surface area (TPSA) is 67.2 Å². The van der Waals surface area contributed by atoms with E-state index in [1.165, 1.54) is 28.9 Å². The van der Waals surface area contributed by atoms with Gasteiger partial charge in [-0.25, -0.2) is 9.48 Å². The summed E-state index contributed by atoms with van der Waals surface area (Å²) in [4.78, 5) is 12.3. The second-order valence-electron chi connectivity index (χ2n) is 7.46. The molecule has 1 heterocycles. The molecule has 5 nitrogen and oxygen atoms in total. The quantitative estimate of drug-likeness (QED) is 0.290. The number of aromatic carboxylic acids is 1. The van der Waals surface area contributed by atoms with Gasteiger partial charge in [0.05, 0.1) is 22.5 Å². The van der Waals surface area contributed by atoms with Crippen LogP contribution in [-0.4, -0.2) is 27.1 Å². The van der Waals surface area contributed by atoms with Crippen molar-refractivity contribution in [2.45, 2.75) is 17.6 Å². The predicted molar refractivity (Wildman–Crippen MR) is 127 cm³/mol. The Kier molecular flexibility index (Phi) is 6.65. The van der Waals surface area contributed by atoms with Gasteiger partial charge in [0.2, 0.25) is 0 Å². The van der Waals surface area contributed by atoms with E-state index in [2.05, 4.69) is 10.4 Å². The Bertz CT molecular complexity index is 1280. The van der Waals surface area contributed by atoms with Crippen molar-refractivity contribution >= 4 is 23.4 Å². The lowest BCUT2D eigenvalue weighted by molar-refractivity contribution is -0.137. The van der Waals surface area contributed by atoms with Crippen LogP contribution in [0.3, 0.4) is 0 Å². The number of alkyl halides is 3. The van der Waals surface area contributed by atoms with E-state index in [1.54, 1.807) is 30.1 Å². The number of carboxylic acids is 1. The van der Waals surface area contributed by atoms with E-state index in [-0.39, 0.29) is 5.56 Å². The van der Waals surface area contributed by atoms with Crippen molar-refractivity contribution in [3.05, 3.63) is 95.7 Å². The summed E-state index contributed by atoms with van der Waals surface area (Å²) in [5, 5.41) is 17.1. The van der Waals surface area contributed by atoms with E-state index in [1.807, 2.05) is 30.5 Å². The average Bonchev–Trinajstić information content (AvgIpc) is 3.27. The largest absolute Gasteiger partial charge is 0.478 e. The molecule has 0 saturated heterocycles. The van der Waals surface area contributed by atoms with Crippen LogP contribution in [0.1, 0.15) is 21.5 Å².